The van der Waals surface area contributed by atoms with Gasteiger partial charge in [-0.3, -0.25) is 0 Å². The molecule has 1 aliphatic carbocycles. The normalized spacial score (nSPS) is 13.7. The van der Waals surface area contributed by atoms with Crippen LogP contribution in [0.15, 0.2) is 78.9 Å². The highest BCUT2D eigenvalue weighted by Crippen LogP contribution is 2.52. The van der Waals surface area contributed by atoms with Crippen LogP contribution in [0.5, 0.6) is 0 Å². The van der Waals surface area contributed by atoms with Crippen LogP contribution in [0.2, 0.25) is 0 Å². The third-order valence-corrected chi connectivity index (χ3v) is 6.97. The van der Waals surface area contributed by atoms with Gasteiger partial charge < -0.3 is 0 Å². The molecule has 1 aromatic heterocycles. The molecule has 172 valence electrons. The molecule has 0 saturated heterocycles. The lowest BCUT2D eigenvalue weighted by molar-refractivity contribution is 0.417. The zero-order chi connectivity index (χ0) is 24.5. The number of aromatic nitrogens is 1. The average Bonchev–Trinajstić information content (AvgIpc) is 3.12. The molecule has 5 heteroatoms. The zero-order valence-corrected chi connectivity index (χ0v) is 19.0. The number of hydrogen-bond donors (Lipinski definition) is 0. The van der Waals surface area contributed by atoms with Gasteiger partial charge in [-0.25, -0.2) is 22.5 Å². The van der Waals surface area contributed by atoms with Gasteiger partial charge in [-0.05, 0) is 51.6 Å². The minimum atomic E-state index is -1.86. The van der Waals surface area contributed by atoms with E-state index in [1.54, 1.807) is 0 Å². The predicted octanol–water partition coefficient (Wildman–Crippen LogP) is 8.43. The summed E-state index contributed by atoms with van der Waals surface area (Å²) in [5.74, 6) is -6.64. The Morgan fingerprint density at radius 1 is 0.600 bits per heavy atom. The second-order valence-electron chi connectivity index (χ2n) is 9.33. The lowest BCUT2D eigenvalue weighted by Crippen LogP contribution is -2.16. The summed E-state index contributed by atoms with van der Waals surface area (Å²) < 4.78 is 56.1. The summed E-state index contributed by atoms with van der Waals surface area (Å²) in [7, 11) is 0. The van der Waals surface area contributed by atoms with E-state index in [0.717, 1.165) is 27.8 Å². The van der Waals surface area contributed by atoms with Crippen molar-refractivity contribution in [1.82, 2.24) is 4.98 Å². The molecule has 0 radical (unpaired) electrons. The minimum absolute atomic E-state index is 0.337. The molecule has 0 amide bonds. The lowest BCUT2D eigenvalue weighted by atomic mass is 9.78. The van der Waals surface area contributed by atoms with Gasteiger partial charge in [0.05, 0.1) is 5.69 Å². The summed E-state index contributed by atoms with van der Waals surface area (Å²) in [5.41, 5.74) is 6.98. The molecule has 35 heavy (non-hydrogen) atoms. The Hall–Kier alpha value is -3.99. The molecule has 1 heterocycles. The van der Waals surface area contributed by atoms with Crippen molar-refractivity contribution in [3.8, 4) is 33.5 Å². The molecular weight excluding hydrogens is 450 g/mol. The summed E-state index contributed by atoms with van der Waals surface area (Å²) >= 11 is 0. The number of pyridine rings is 1. The van der Waals surface area contributed by atoms with Crippen molar-refractivity contribution in [2.45, 2.75) is 19.3 Å². The summed E-state index contributed by atoms with van der Waals surface area (Å²) in [6.45, 7) is 4.32. The van der Waals surface area contributed by atoms with Gasteiger partial charge in [0.25, 0.3) is 0 Å². The molecular formula is C30H19F4N. The quantitative estimate of drug-likeness (QED) is 0.144. The maximum absolute atomic E-state index is 14.4. The van der Waals surface area contributed by atoms with Crippen LogP contribution >= 0.6 is 0 Å². The Bertz CT molecular complexity index is 1660. The molecule has 5 aromatic rings. The standard InChI is InChI=1S/C30H19F4N/c1-30(2)22-15-17(23-14-13-21-25(31)26(32)27(33)28(34)29(21)35-23)11-12-19(22)20-10-6-9-18(24(20)30)16-7-4-3-5-8-16/h3-15H,1-2H3. The molecule has 0 spiro atoms. The van der Waals surface area contributed by atoms with Gasteiger partial charge in [0, 0.05) is 16.4 Å². The Morgan fingerprint density at radius 3 is 2.09 bits per heavy atom. The summed E-state index contributed by atoms with van der Waals surface area (Å²) in [4.78, 5) is 4.17. The smallest absolute Gasteiger partial charge is 0.199 e. The van der Waals surface area contributed by atoms with Crippen molar-refractivity contribution in [1.29, 1.82) is 0 Å². The van der Waals surface area contributed by atoms with Gasteiger partial charge in [-0.2, -0.15) is 0 Å². The Morgan fingerprint density at radius 2 is 1.31 bits per heavy atom. The molecule has 6 rings (SSSR count). The first-order chi connectivity index (χ1) is 16.8. The van der Waals surface area contributed by atoms with Crippen molar-refractivity contribution in [3.05, 3.63) is 113 Å². The van der Waals surface area contributed by atoms with Gasteiger partial charge in [0.15, 0.2) is 23.3 Å². The fraction of sp³-hybridized carbons (Fsp3) is 0.100. The molecule has 0 N–H and O–H groups in total. The van der Waals surface area contributed by atoms with Crippen LogP contribution in [0.25, 0.3) is 44.4 Å². The van der Waals surface area contributed by atoms with Crippen LogP contribution < -0.4 is 0 Å². The van der Waals surface area contributed by atoms with Gasteiger partial charge in [-0.1, -0.05) is 74.5 Å². The first-order valence-electron chi connectivity index (χ1n) is 11.3. The fourth-order valence-electron chi connectivity index (χ4n) is 5.28. The van der Waals surface area contributed by atoms with E-state index in [-0.39, 0.29) is 5.41 Å². The van der Waals surface area contributed by atoms with E-state index >= 15 is 0 Å². The highest BCUT2D eigenvalue weighted by Gasteiger charge is 2.37. The molecule has 4 aromatic carbocycles. The van der Waals surface area contributed by atoms with Crippen LogP contribution in [0, 0.1) is 23.3 Å². The van der Waals surface area contributed by atoms with E-state index in [1.165, 1.54) is 17.7 Å². The first-order valence-corrected chi connectivity index (χ1v) is 11.3. The highest BCUT2D eigenvalue weighted by molar-refractivity contribution is 5.90. The maximum atomic E-state index is 14.4. The van der Waals surface area contributed by atoms with Crippen LogP contribution in [0.3, 0.4) is 0 Å². The molecule has 0 bridgehead atoms. The van der Waals surface area contributed by atoms with E-state index in [1.807, 2.05) is 36.4 Å². The van der Waals surface area contributed by atoms with Crippen molar-refractivity contribution in [2.75, 3.05) is 0 Å². The van der Waals surface area contributed by atoms with Gasteiger partial charge >= 0.3 is 0 Å². The largest absolute Gasteiger partial charge is 0.244 e. The summed E-state index contributed by atoms with van der Waals surface area (Å²) in [6.07, 6.45) is 0. The predicted molar refractivity (Wildman–Crippen MR) is 130 cm³/mol. The van der Waals surface area contributed by atoms with Crippen molar-refractivity contribution < 1.29 is 17.6 Å². The van der Waals surface area contributed by atoms with E-state index in [4.69, 9.17) is 0 Å². The number of hydrogen-bond acceptors (Lipinski definition) is 1. The van der Waals surface area contributed by atoms with Gasteiger partial charge in [0.1, 0.15) is 5.52 Å². The molecule has 1 nitrogen and oxygen atoms in total. The number of halogens is 4. The average molecular weight is 469 g/mol. The van der Waals surface area contributed by atoms with Crippen molar-refractivity contribution >= 4 is 10.9 Å². The summed E-state index contributed by atoms with van der Waals surface area (Å²) in [5, 5.41) is -0.397. The molecule has 0 fully saturated rings. The van der Waals surface area contributed by atoms with E-state index in [2.05, 4.69) is 49.2 Å². The van der Waals surface area contributed by atoms with Crippen LogP contribution in [-0.2, 0) is 5.41 Å². The SMILES string of the molecule is CC1(C)c2cc(-c3ccc4c(F)c(F)c(F)c(F)c4n3)ccc2-c2cccc(-c3ccccc3)c21. The fourth-order valence-corrected chi connectivity index (χ4v) is 5.28. The van der Waals surface area contributed by atoms with E-state index in [9.17, 15) is 17.6 Å². The second kappa shape index (κ2) is 7.51. The third-order valence-electron chi connectivity index (χ3n) is 6.97. The van der Waals surface area contributed by atoms with Crippen molar-refractivity contribution in [3.63, 3.8) is 0 Å². The van der Waals surface area contributed by atoms with Crippen LogP contribution in [0.1, 0.15) is 25.0 Å². The van der Waals surface area contributed by atoms with E-state index in [0.29, 0.717) is 11.3 Å². The lowest BCUT2D eigenvalue weighted by Gasteiger charge is -2.25. The Labute approximate surface area is 199 Å². The van der Waals surface area contributed by atoms with Gasteiger partial charge in [-0.15, -0.1) is 0 Å². The van der Waals surface area contributed by atoms with Gasteiger partial charge in [0.2, 0.25) is 0 Å². The topological polar surface area (TPSA) is 12.9 Å². The van der Waals surface area contributed by atoms with E-state index < -0.39 is 34.2 Å². The van der Waals surface area contributed by atoms with Crippen LogP contribution in [0.4, 0.5) is 17.6 Å². The molecule has 1 aliphatic rings. The molecule has 0 atom stereocenters. The Kier molecular flexibility index (Phi) is 4.62. The number of benzene rings is 4. The minimum Gasteiger partial charge on any atom is -0.244 e. The molecule has 0 saturated carbocycles. The first kappa shape index (κ1) is 21.5. The monoisotopic (exact) mass is 469 g/mol. The number of rotatable bonds is 2. The molecule has 0 unspecified atom stereocenters. The summed E-state index contributed by atoms with van der Waals surface area (Å²) in [6, 6.07) is 25.1. The number of fused-ring (bicyclic) bond motifs is 4. The Balaban J connectivity index is 1.52. The zero-order valence-electron chi connectivity index (χ0n) is 19.0. The third kappa shape index (κ3) is 3.04. The second-order valence-corrected chi connectivity index (χ2v) is 9.33. The van der Waals surface area contributed by atoms with Crippen LogP contribution in [-0.4, -0.2) is 4.98 Å². The number of nitrogens with zero attached hydrogens (tertiary/aromatic N) is 1. The van der Waals surface area contributed by atoms with Crippen molar-refractivity contribution in [2.24, 2.45) is 0 Å². The molecule has 0 aliphatic heterocycles. The highest BCUT2D eigenvalue weighted by atomic mass is 19.2. The maximum Gasteiger partial charge on any atom is 0.199 e.